The van der Waals surface area contributed by atoms with Crippen LogP contribution in [0.2, 0.25) is 0 Å². The van der Waals surface area contributed by atoms with Gasteiger partial charge in [-0.1, -0.05) is 25.7 Å². The molecule has 0 radical (unpaired) electrons. The minimum atomic E-state index is -0.187. The Bertz CT molecular complexity index is 873. The van der Waals surface area contributed by atoms with Gasteiger partial charge < -0.3 is 5.32 Å². The zero-order valence-corrected chi connectivity index (χ0v) is 16.1. The molecule has 2 aliphatic rings. The number of rotatable bonds is 2. The third-order valence-electron chi connectivity index (χ3n) is 5.61. The van der Waals surface area contributed by atoms with Crippen LogP contribution in [-0.2, 0) is 11.8 Å². The standard InChI is InChI=1S/C18H25N5O2S/c1-11-13(9-19-22(11)2)16-15-17(20-14(24)10-26-16)23(21-18(15)25)12-7-5-3-4-6-8-12/h9,12,16H,3-8,10H2,1-2H3,(H,20,24)(H,21,25). The van der Waals surface area contributed by atoms with Crippen molar-refractivity contribution in [2.75, 3.05) is 11.1 Å². The van der Waals surface area contributed by atoms with Gasteiger partial charge in [-0.05, 0) is 19.8 Å². The van der Waals surface area contributed by atoms with Gasteiger partial charge in [-0.15, -0.1) is 11.8 Å². The molecule has 0 saturated heterocycles. The highest BCUT2D eigenvalue weighted by atomic mass is 32.2. The summed E-state index contributed by atoms with van der Waals surface area (Å²) in [6.07, 6.45) is 8.69. The number of carbonyl (C=O) groups is 1. The van der Waals surface area contributed by atoms with Crippen molar-refractivity contribution in [2.24, 2.45) is 7.05 Å². The Morgan fingerprint density at radius 2 is 1.92 bits per heavy atom. The lowest BCUT2D eigenvalue weighted by Gasteiger charge is -2.19. The molecule has 1 aliphatic heterocycles. The van der Waals surface area contributed by atoms with E-state index in [-0.39, 0.29) is 22.8 Å². The summed E-state index contributed by atoms with van der Waals surface area (Å²) in [5.41, 5.74) is 2.57. The van der Waals surface area contributed by atoms with Crippen molar-refractivity contribution >= 4 is 23.5 Å². The van der Waals surface area contributed by atoms with E-state index in [9.17, 15) is 9.59 Å². The molecule has 0 bridgehead atoms. The largest absolute Gasteiger partial charge is 0.310 e. The topological polar surface area (TPSA) is 84.7 Å². The number of aromatic amines is 1. The third kappa shape index (κ3) is 3.00. The molecule has 7 nitrogen and oxygen atoms in total. The highest BCUT2D eigenvalue weighted by Gasteiger charge is 2.33. The number of hydrogen-bond acceptors (Lipinski definition) is 4. The van der Waals surface area contributed by atoms with E-state index in [0.717, 1.165) is 36.9 Å². The van der Waals surface area contributed by atoms with E-state index in [1.54, 1.807) is 0 Å². The Morgan fingerprint density at radius 1 is 1.19 bits per heavy atom. The van der Waals surface area contributed by atoms with E-state index in [1.807, 2.05) is 29.5 Å². The molecule has 1 atom stereocenters. The maximum Gasteiger partial charge on any atom is 0.270 e. The Hall–Kier alpha value is -1.96. The van der Waals surface area contributed by atoms with Crippen molar-refractivity contribution in [2.45, 2.75) is 56.7 Å². The predicted molar refractivity (Wildman–Crippen MR) is 103 cm³/mol. The van der Waals surface area contributed by atoms with Gasteiger partial charge in [-0.25, -0.2) is 0 Å². The smallest absolute Gasteiger partial charge is 0.270 e. The maximum absolute atomic E-state index is 12.9. The fourth-order valence-electron chi connectivity index (χ4n) is 4.05. The van der Waals surface area contributed by atoms with Crippen molar-refractivity contribution in [3.63, 3.8) is 0 Å². The number of anilines is 1. The van der Waals surface area contributed by atoms with Crippen molar-refractivity contribution in [1.29, 1.82) is 0 Å². The average Bonchev–Trinajstić information content (AvgIpc) is 2.94. The lowest BCUT2D eigenvalue weighted by atomic mass is 10.1. The molecule has 1 aliphatic carbocycles. The SMILES string of the molecule is Cc1c(C2SCC(=O)Nc3c2c(=O)[nH]n3C2CCCCCC2)cnn1C. The fourth-order valence-corrected chi connectivity index (χ4v) is 5.24. The maximum atomic E-state index is 12.9. The summed E-state index contributed by atoms with van der Waals surface area (Å²) >= 11 is 1.49. The molecule has 26 heavy (non-hydrogen) atoms. The van der Waals surface area contributed by atoms with Crippen LogP contribution in [0.15, 0.2) is 11.0 Å². The molecular weight excluding hydrogens is 350 g/mol. The highest BCUT2D eigenvalue weighted by molar-refractivity contribution is 8.00. The number of fused-ring (bicyclic) bond motifs is 1. The number of H-pyrrole nitrogens is 1. The van der Waals surface area contributed by atoms with Gasteiger partial charge in [0.15, 0.2) is 0 Å². The molecule has 2 aromatic rings. The first kappa shape index (κ1) is 17.5. The summed E-state index contributed by atoms with van der Waals surface area (Å²) in [5.74, 6) is 0.935. The Balaban J connectivity index is 1.82. The monoisotopic (exact) mass is 375 g/mol. The van der Waals surface area contributed by atoms with E-state index in [1.165, 1.54) is 24.6 Å². The van der Waals surface area contributed by atoms with Crippen LogP contribution in [0, 0.1) is 6.92 Å². The van der Waals surface area contributed by atoms with Crippen LogP contribution < -0.4 is 10.9 Å². The van der Waals surface area contributed by atoms with Gasteiger partial charge in [-0.2, -0.15) is 5.10 Å². The minimum Gasteiger partial charge on any atom is -0.310 e. The fraction of sp³-hybridized carbons (Fsp3) is 0.611. The molecule has 2 N–H and O–H groups in total. The van der Waals surface area contributed by atoms with E-state index < -0.39 is 0 Å². The van der Waals surface area contributed by atoms with Crippen molar-refractivity contribution < 1.29 is 4.79 Å². The summed E-state index contributed by atoms with van der Waals surface area (Å²) in [4.78, 5) is 25.2. The van der Waals surface area contributed by atoms with E-state index in [0.29, 0.717) is 17.1 Å². The molecule has 0 spiro atoms. The van der Waals surface area contributed by atoms with Crippen LogP contribution in [0.3, 0.4) is 0 Å². The number of carbonyl (C=O) groups excluding carboxylic acids is 1. The molecular formula is C18H25N5O2S. The van der Waals surface area contributed by atoms with E-state index >= 15 is 0 Å². The second-order valence-corrected chi connectivity index (χ2v) is 8.36. The second-order valence-electron chi connectivity index (χ2n) is 7.27. The summed E-state index contributed by atoms with van der Waals surface area (Å²) in [6.45, 7) is 2.00. The predicted octanol–water partition coefficient (Wildman–Crippen LogP) is 2.89. The summed E-state index contributed by atoms with van der Waals surface area (Å²) in [5, 5.41) is 10.2. The summed E-state index contributed by atoms with van der Waals surface area (Å²) in [6, 6.07) is 0.244. The van der Waals surface area contributed by atoms with Gasteiger partial charge in [-0.3, -0.25) is 24.1 Å². The van der Waals surface area contributed by atoms with E-state index in [4.69, 9.17) is 0 Å². The van der Waals surface area contributed by atoms with Crippen LogP contribution in [0.4, 0.5) is 5.82 Å². The number of thioether (sulfide) groups is 1. The Morgan fingerprint density at radius 3 is 2.58 bits per heavy atom. The van der Waals surface area contributed by atoms with Gasteiger partial charge in [0.05, 0.1) is 28.8 Å². The molecule has 1 unspecified atom stereocenters. The zero-order valence-electron chi connectivity index (χ0n) is 15.2. The first-order valence-electron chi connectivity index (χ1n) is 9.30. The summed E-state index contributed by atoms with van der Waals surface area (Å²) in [7, 11) is 1.89. The molecule has 1 fully saturated rings. The van der Waals surface area contributed by atoms with Gasteiger partial charge in [0, 0.05) is 18.3 Å². The molecule has 2 aromatic heterocycles. The highest BCUT2D eigenvalue weighted by Crippen LogP contribution is 2.42. The Kier molecular flexibility index (Phi) is 4.69. The first-order valence-corrected chi connectivity index (χ1v) is 10.4. The molecule has 140 valence electrons. The molecule has 4 rings (SSSR count). The molecule has 8 heteroatoms. The lowest BCUT2D eigenvalue weighted by Crippen LogP contribution is -2.19. The number of hydrogen-bond donors (Lipinski definition) is 2. The van der Waals surface area contributed by atoms with Crippen molar-refractivity contribution in [3.05, 3.63) is 33.4 Å². The second kappa shape index (κ2) is 6.98. The molecule has 3 heterocycles. The summed E-state index contributed by atoms with van der Waals surface area (Å²) < 4.78 is 3.75. The Labute approximate surface area is 156 Å². The molecule has 0 aromatic carbocycles. The zero-order chi connectivity index (χ0) is 18.3. The number of aromatic nitrogens is 4. The number of aryl methyl sites for hydroxylation is 1. The van der Waals surface area contributed by atoms with Gasteiger partial charge in [0.1, 0.15) is 5.82 Å². The van der Waals surface area contributed by atoms with Crippen molar-refractivity contribution in [3.8, 4) is 0 Å². The van der Waals surface area contributed by atoms with Crippen LogP contribution in [0.1, 0.15) is 66.6 Å². The van der Waals surface area contributed by atoms with Crippen LogP contribution in [0.5, 0.6) is 0 Å². The van der Waals surface area contributed by atoms with Crippen LogP contribution in [0.25, 0.3) is 0 Å². The van der Waals surface area contributed by atoms with E-state index in [2.05, 4.69) is 15.5 Å². The third-order valence-corrected chi connectivity index (χ3v) is 6.86. The normalized spacial score (nSPS) is 21.8. The number of nitrogens with zero attached hydrogens (tertiary/aromatic N) is 3. The first-order chi connectivity index (χ1) is 12.6. The quantitative estimate of drug-likeness (QED) is 0.791. The van der Waals surface area contributed by atoms with Crippen molar-refractivity contribution in [1.82, 2.24) is 19.6 Å². The van der Waals surface area contributed by atoms with Gasteiger partial charge in [0.2, 0.25) is 5.91 Å². The number of nitrogens with one attached hydrogen (secondary N) is 2. The van der Waals surface area contributed by atoms with Crippen LogP contribution in [-0.4, -0.2) is 31.2 Å². The molecule has 1 amide bonds. The number of amides is 1. The lowest BCUT2D eigenvalue weighted by molar-refractivity contribution is -0.113. The minimum absolute atomic E-state index is 0.0540. The van der Waals surface area contributed by atoms with Gasteiger partial charge >= 0.3 is 0 Å². The molecule has 1 saturated carbocycles. The van der Waals surface area contributed by atoms with Crippen LogP contribution >= 0.6 is 11.8 Å². The average molecular weight is 375 g/mol. The van der Waals surface area contributed by atoms with Gasteiger partial charge in [0.25, 0.3) is 5.56 Å².